The summed E-state index contributed by atoms with van der Waals surface area (Å²) in [6, 6.07) is 0. The van der Waals surface area contributed by atoms with E-state index in [1.54, 1.807) is 0 Å². The van der Waals surface area contributed by atoms with Crippen LogP contribution in [0.25, 0.3) is 0 Å². The van der Waals surface area contributed by atoms with Crippen LogP contribution in [0.15, 0.2) is 12.2 Å². The number of hydrogen-bond acceptors (Lipinski definition) is 1. The Hall–Kier alpha value is -0.590. The van der Waals surface area contributed by atoms with Crippen molar-refractivity contribution in [1.82, 2.24) is 0 Å². The number of carbonyl (C=O) groups is 1. The molecule has 1 fully saturated rings. The minimum Gasteiger partial charge on any atom is -0.299 e. The first-order chi connectivity index (χ1) is 5.69. The van der Waals surface area contributed by atoms with Crippen LogP contribution >= 0.6 is 0 Å². The largest absolute Gasteiger partial charge is 0.299 e. The fourth-order valence-corrected chi connectivity index (χ4v) is 1.46. The Bertz CT molecular complexity index is 193. The molecule has 0 heterocycles. The number of allylic oxidation sites excluding steroid dienone is 2. The first-order valence-corrected chi connectivity index (χ1v) is 4.90. The van der Waals surface area contributed by atoms with Crippen molar-refractivity contribution in [3.63, 3.8) is 0 Å². The molecule has 0 aromatic carbocycles. The summed E-state index contributed by atoms with van der Waals surface area (Å²) in [6.07, 6.45) is 9.70. The second-order valence-corrected chi connectivity index (χ2v) is 3.89. The zero-order valence-corrected chi connectivity index (χ0v) is 8.10. The van der Waals surface area contributed by atoms with Crippen LogP contribution in [0.5, 0.6) is 0 Å². The zero-order valence-electron chi connectivity index (χ0n) is 8.10. The standard InChI is InChI=1S/C11H18O/c1-3-4-5-6-8-11(2)9-7-10(11)12/h6,8H,3-5,7,9H2,1-2H3/b8-6+. The molecular formula is C11H18O. The van der Waals surface area contributed by atoms with Gasteiger partial charge >= 0.3 is 0 Å². The zero-order chi connectivity index (χ0) is 9.03. The maximum absolute atomic E-state index is 11.2. The molecule has 0 bridgehead atoms. The Kier molecular flexibility index (Phi) is 3.07. The summed E-state index contributed by atoms with van der Waals surface area (Å²) in [4.78, 5) is 11.2. The number of ketones is 1. The van der Waals surface area contributed by atoms with Gasteiger partial charge in [0.15, 0.2) is 0 Å². The van der Waals surface area contributed by atoms with Gasteiger partial charge in [-0.25, -0.2) is 0 Å². The molecule has 68 valence electrons. The Morgan fingerprint density at radius 2 is 2.33 bits per heavy atom. The van der Waals surface area contributed by atoms with Gasteiger partial charge in [0.2, 0.25) is 0 Å². The summed E-state index contributed by atoms with van der Waals surface area (Å²) in [5.41, 5.74) is -0.0895. The van der Waals surface area contributed by atoms with E-state index in [1.165, 1.54) is 12.8 Å². The highest BCUT2D eigenvalue weighted by Gasteiger charge is 2.38. The fraction of sp³-hybridized carbons (Fsp3) is 0.727. The lowest BCUT2D eigenvalue weighted by Gasteiger charge is -2.33. The van der Waals surface area contributed by atoms with Gasteiger partial charge in [0, 0.05) is 11.8 Å². The Morgan fingerprint density at radius 1 is 1.58 bits per heavy atom. The quantitative estimate of drug-likeness (QED) is 0.463. The molecule has 0 spiro atoms. The number of unbranched alkanes of at least 4 members (excludes halogenated alkanes) is 2. The highest BCUT2D eigenvalue weighted by atomic mass is 16.1. The van der Waals surface area contributed by atoms with E-state index in [0.29, 0.717) is 5.78 Å². The van der Waals surface area contributed by atoms with E-state index in [4.69, 9.17) is 0 Å². The predicted molar refractivity (Wildman–Crippen MR) is 51.0 cm³/mol. The third-order valence-corrected chi connectivity index (χ3v) is 2.72. The molecule has 0 N–H and O–H groups in total. The average Bonchev–Trinajstić information content (AvgIpc) is 2.09. The van der Waals surface area contributed by atoms with Crippen LogP contribution in [0.4, 0.5) is 0 Å². The van der Waals surface area contributed by atoms with Crippen molar-refractivity contribution in [2.24, 2.45) is 5.41 Å². The van der Waals surface area contributed by atoms with Crippen LogP contribution in [0.3, 0.4) is 0 Å². The van der Waals surface area contributed by atoms with Crippen LogP contribution in [0, 0.1) is 5.41 Å². The van der Waals surface area contributed by atoms with Gasteiger partial charge in [-0.2, -0.15) is 0 Å². The lowest BCUT2D eigenvalue weighted by atomic mass is 9.69. The Labute approximate surface area is 74.9 Å². The molecule has 1 heteroatoms. The van der Waals surface area contributed by atoms with Gasteiger partial charge in [-0.1, -0.05) is 31.9 Å². The summed E-state index contributed by atoms with van der Waals surface area (Å²) >= 11 is 0. The summed E-state index contributed by atoms with van der Waals surface area (Å²) in [5, 5.41) is 0. The molecule has 1 aliphatic rings. The van der Waals surface area contributed by atoms with Crippen molar-refractivity contribution in [2.45, 2.75) is 46.0 Å². The summed E-state index contributed by atoms with van der Waals surface area (Å²) in [5.74, 6) is 0.412. The van der Waals surface area contributed by atoms with E-state index in [2.05, 4.69) is 19.1 Å². The van der Waals surface area contributed by atoms with Crippen LogP contribution in [-0.4, -0.2) is 5.78 Å². The summed E-state index contributed by atoms with van der Waals surface area (Å²) in [7, 11) is 0. The maximum Gasteiger partial charge on any atom is 0.142 e. The molecule has 0 saturated heterocycles. The molecular weight excluding hydrogens is 148 g/mol. The minimum atomic E-state index is -0.0895. The Balaban J connectivity index is 2.29. The van der Waals surface area contributed by atoms with Crippen LogP contribution < -0.4 is 0 Å². The summed E-state index contributed by atoms with van der Waals surface area (Å²) < 4.78 is 0. The predicted octanol–water partition coefficient (Wildman–Crippen LogP) is 3.10. The maximum atomic E-state index is 11.2. The first kappa shape index (κ1) is 9.50. The molecule has 0 aliphatic heterocycles. The third-order valence-electron chi connectivity index (χ3n) is 2.72. The molecule has 0 amide bonds. The normalized spacial score (nSPS) is 29.3. The van der Waals surface area contributed by atoms with E-state index >= 15 is 0 Å². The van der Waals surface area contributed by atoms with E-state index in [9.17, 15) is 4.79 Å². The molecule has 1 nitrogen and oxygen atoms in total. The van der Waals surface area contributed by atoms with Gasteiger partial charge < -0.3 is 0 Å². The van der Waals surface area contributed by atoms with Gasteiger partial charge in [0.1, 0.15) is 5.78 Å². The van der Waals surface area contributed by atoms with Crippen molar-refractivity contribution >= 4 is 5.78 Å². The molecule has 1 aliphatic carbocycles. The fourth-order valence-electron chi connectivity index (χ4n) is 1.46. The average molecular weight is 166 g/mol. The van der Waals surface area contributed by atoms with Crippen LogP contribution in [0.2, 0.25) is 0 Å². The van der Waals surface area contributed by atoms with Crippen LogP contribution in [-0.2, 0) is 4.79 Å². The monoisotopic (exact) mass is 166 g/mol. The summed E-state index contributed by atoms with van der Waals surface area (Å²) in [6.45, 7) is 4.23. The Morgan fingerprint density at radius 3 is 2.75 bits per heavy atom. The van der Waals surface area contributed by atoms with Crippen molar-refractivity contribution in [2.75, 3.05) is 0 Å². The molecule has 0 aromatic rings. The van der Waals surface area contributed by atoms with Crippen molar-refractivity contribution in [3.8, 4) is 0 Å². The molecule has 1 atom stereocenters. The van der Waals surface area contributed by atoms with Gasteiger partial charge in [-0.05, 0) is 19.8 Å². The van der Waals surface area contributed by atoms with Crippen LogP contribution in [0.1, 0.15) is 46.0 Å². The van der Waals surface area contributed by atoms with Crippen molar-refractivity contribution in [3.05, 3.63) is 12.2 Å². The van der Waals surface area contributed by atoms with Gasteiger partial charge in [0.25, 0.3) is 0 Å². The van der Waals surface area contributed by atoms with Gasteiger partial charge in [-0.3, -0.25) is 4.79 Å². The van der Waals surface area contributed by atoms with E-state index in [1.807, 2.05) is 6.92 Å². The molecule has 1 unspecified atom stereocenters. The number of carbonyl (C=O) groups excluding carboxylic acids is 1. The van der Waals surface area contributed by atoms with Crippen molar-refractivity contribution in [1.29, 1.82) is 0 Å². The lowest BCUT2D eigenvalue weighted by Crippen LogP contribution is -2.35. The van der Waals surface area contributed by atoms with E-state index in [-0.39, 0.29) is 5.41 Å². The molecule has 1 saturated carbocycles. The molecule has 0 aromatic heterocycles. The van der Waals surface area contributed by atoms with Gasteiger partial charge in [0.05, 0.1) is 0 Å². The van der Waals surface area contributed by atoms with E-state index < -0.39 is 0 Å². The highest BCUT2D eigenvalue weighted by molar-refractivity contribution is 5.91. The lowest BCUT2D eigenvalue weighted by molar-refractivity contribution is -0.133. The second-order valence-electron chi connectivity index (χ2n) is 3.89. The number of rotatable bonds is 4. The SMILES string of the molecule is CCCC/C=C/C1(C)CCC1=O. The minimum absolute atomic E-state index is 0.0895. The number of Topliss-reactive ketones (excluding diaryl/α,β-unsaturated/α-hetero) is 1. The third kappa shape index (κ3) is 1.96. The second kappa shape index (κ2) is 3.88. The van der Waals surface area contributed by atoms with E-state index in [0.717, 1.165) is 19.3 Å². The first-order valence-electron chi connectivity index (χ1n) is 4.90. The number of hydrogen-bond donors (Lipinski definition) is 0. The molecule has 1 rings (SSSR count). The molecule has 0 radical (unpaired) electrons. The smallest absolute Gasteiger partial charge is 0.142 e. The highest BCUT2D eigenvalue weighted by Crippen LogP contribution is 2.37. The van der Waals surface area contributed by atoms with Gasteiger partial charge in [-0.15, -0.1) is 0 Å². The van der Waals surface area contributed by atoms with Crippen molar-refractivity contribution < 1.29 is 4.79 Å². The molecule has 12 heavy (non-hydrogen) atoms. The topological polar surface area (TPSA) is 17.1 Å².